The van der Waals surface area contributed by atoms with E-state index >= 15 is 0 Å². The molecule has 0 fully saturated rings. The summed E-state index contributed by atoms with van der Waals surface area (Å²) in [4.78, 5) is 24.4. The number of ether oxygens (including phenoxy) is 2. The third-order valence-electron chi connectivity index (χ3n) is 10.4. The molecule has 0 amide bonds. The lowest BCUT2D eigenvalue weighted by atomic mass is 10.0. The summed E-state index contributed by atoms with van der Waals surface area (Å²) in [5.74, 6) is -0.606. The summed E-state index contributed by atoms with van der Waals surface area (Å²) in [7, 11) is 0. The van der Waals surface area contributed by atoms with Gasteiger partial charge in [-0.1, -0.05) is 217 Å². The van der Waals surface area contributed by atoms with E-state index in [1.165, 1.54) is 154 Å². The Hall–Kier alpha value is -1.88. The van der Waals surface area contributed by atoms with Crippen molar-refractivity contribution >= 4 is 11.9 Å². The molecule has 0 heterocycles. The van der Waals surface area contributed by atoms with Crippen molar-refractivity contribution in [3.8, 4) is 0 Å². The Labute approximate surface area is 336 Å². The van der Waals surface area contributed by atoms with Gasteiger partial charge in [0, 0.05) is 12.8 Å². The number of carbonyl (C=O) groups excluding carboxylic acids is 2. The van der Waals surface area contributed by atoms with Crippen molar-refractivity contribution in [1.82, 2.24) is 0 Å². The Kier molecular flexibility index (Phi) is 43.9. The fourth-order valence-electron chi connectivity index (χ4n) is 6.86. The van der Waals surface area contributed by atoms with Crippen LogP contribution in [0.15, 0.2) is 36.5 Å². The number of hydrogen-bond acceptors (Lipinski definition) is 5. The van der Waals surface area contributed by atoms with E-state index in [0.717, 1.165) is 64.2 Å². The van der Waals surface area contributed by atoms with E-state index in [0.29, 0.717) is 12.8 Å². The largest absolute Gasteiger partial charge is 0.462 e. The maximum Gasteiger partial charge on any atom is 0.306 e. The van der Waals surface area contributed by atoms with Crippen molar-refractivity contribution in [2.24, 2.45) is 0 Å². The summed E-state index contributed by atoms with van der Waals surface area (Å²) < 4.78 is 10.6. The van der Waals surface area contributed by atoms with Crippen molar-refractivity contribution in [2.75, 3.05) is 13.2 Å². The van der Waals surface area contributed by atoms with Crippen LogP contribution in [0.2, 0.25) is 0 Å². The second kappa shape index (κ2) is 45.5. The highest BCUT2D eigenvalue weighted by atomic mass is 16.6. The zero-order valence-corrected chi connectivity index (χ0v) is 36.0. The topological polar surface area (TPSA) is 72.8 Å². The molecule has 0 aliphatic heterocycles. The molecule has 0 rings (SSSR count). The van der Waals surface area contributed by atoms with Crippen LogP contribution in [0.25, 0.3) is 0 Å². The molecule has 0 aliphatic carbocycles. The minimum absolute atomic E-state index is 0.0744. The van der Waals surface area contributed by atoms with Crippen molar-refractivity contribution < 1.29 is 24.2 Å². The van der Waals surface area contributed by atoms with Crippen molar-refractivity contribution in [2.45, 2.75) is 251 Å². The van der Waals surface area contributed by atoms with Crippen LogP contribution < -0.4 is 0 Å². The molecule has 0 saturated heterocycles. The molecule has 5 heteroatoms. The predicted molar refractivity (Wildman–Crippen MR) is 233 cm³/mol. The smallest absolute Gasteiger partial charge is 0.306 e. The van der Waals surface area contributed by atoms with Gasteiger partial charge in [0.15, 0.2) is 6.10 Å². The zero-order chi connectivity index (χ0) is 39.3. The molecule has 0 aromatic heterocycles. The second-order valence-corrected chi connectivity index (χ2v) is 15.8. The molecule has 1 atom stereocenters. The number of rotatable bonds is 43. The SMILES string of the molecule is CCCCC/C=C/C/C=C/C/C=C/CCCCCCC(=O)OC[C@H](CO)OC(=O)CCCCCCCCCCCCCCCCCCCCCCCCC. The van der Waals surface area contributed by atoms with Gasteiger partial charge in [0.1, 0.15) is 6.61 Å². The first kappa shape index (κ1) is 52.1. The van der Waals surface area contributed by atoms with Crippen LogP contribution in [0, 0.1) is 0 Å². The average molecular weight is 759 g/mol. The number of unbranched alkanes of at least 4 members (excludes halogenated alkanes) is 29. The van der Waals surface area contributed by atoms with Gasteiger partial charge in [-0.15, -0.1) is 0 Å². The molecular formula is C49H90O5. The Balaban J connectivity index is 3.50. The summed E-state index contributed by atoms with van der Waals surface area (Å²) in [6.45, 7) is 4.12. The van der Waals surface area contributed by atoms with Gasteiger partial charge in [-0.3, -0.25) is 9.59 Å². The monoisotopic (exact) mass is 759 g/mol. The minimum atomic E-state index is -0.778. The van der Waals surface area contributed by atoms with Gasteiger partial charge in [0.25, 0.3) is 0 Å². The first-order valence-electron chi connectivity index (χ1n) is 23.5. The van der Waals surface area contributed by atoms with E-state index < -0.39 is 6.10 Å². The first-order chi connectivity index (χ1) is 26.6. The van der Waals surface area contributed by atoms with Crippen LogP contribution >= 0.6 is 0 Å². The van der Waals surface area contributed by atoms with Crippen LogP contribution in [-0.2, 0) is 19.1 Å². The quantitative estimate of drug-likeness (QED) is 0.0381. The van der Waals surface area contributed by atoms with Gasteiger partial charge in [0.2, 0.25) is 0 Å². The fraction of sp³-hybridized carbons (Fsp3) is 0.837. The molecule has 5 nitrogen and oxygen atoms in total. The van der Waals surface area contributed by atoms with E-state index in [9.17, 15) is 14.7 Å². The number of hydrogen-bond donors (Lipinski definition) is 1. The summed E-state index contributed by atoms with van der Waals surface area (Å²) in [5, 5.41) is 9.60. The number of aliphatic hydroxyl groups is 1. The third kappa shape index (κ3) is 42.9. The maximum absolute atomic E-state index is 12.2. The van der Waals surface area contributed by atoms with Gasteiger partial charge < -0.3 is 14.6 Å². The summed E-state index contributed by atoms with van der Waals surface area (Å²) in [6.07, 6.45) is 56.6. The van der Waals surface area contributed by atoms with Crippen molar-refractivity contribution in [3.63, 3.8) is 0 Å². The number of esters is 2. The number of carbonyl (C=O) groups is 2. The second-order valence-electron chi connectivity index (χ2n) is 15.8. The highest BCUT2D eigenvalue weighted by Gasteiger charge is 2.16. The Morgan fingerprint density at radius 1 is 0.426 bits per heavy atom. The fourth-order valence-corrected chi connectivity index (χ4v) is 6.86. The molecule has 0 spiro atoms. The first-order valence-corrected chi connectivity index (χ1v) is 23.5. The molecule has 1 N–H and O–H groups in total. The zero-order valence-electron chi connectivity index (χ0n) is 36.0. The molecule has 54 heavy (non-hydrogen) atoms. The Bertz CT molecular complexity index is 862. The number of allylic oxidation sites excluding steroid dienone is 6. The van der Waals surface area contributed by atoms with Gasteiger partial charge in [-0.2, -0.15) is 0 Å². The molecule has 0 unspecified atom stereocenters. The van der Waals surface area contributed by atoms with Crippen LogP contribution in [0.4, 0.5) is 0 Å². The van der Waals surface area contributed by atoms with Crippen LogP contribution in [0.5, 0.6) is 0 Å². The predicted octanol–water partition coefficient (Wildman–Crippen LogP) is 15.2. The summed E-state index contributed by atoms with van der Waals surface area (Å²) in [5.41, 5.74) is 0. The normalized spacial score (nSPS) is 12.4. The molecule has 0 aromatic carbocycles. The third-order valence-corrected chi connectivity index (χ3v) is 10.4. The van der Waals surface area contributed by atoms with E-state index in [-0.39, 0.29) is 25.2 Å². The maximum atomic E-state index is 12.2. The van der Waals surface area contributed by atoms with Crippen LogP contribution in [0.1, 0.15) is 245 Å². The van der Waals surface area contributed by atoms with E-state index in [1.54, 1.807) is 0 Å². The standard InChI is InChI=1S/C49H90O5/c1-3-5-7-9-11-13-15-17-19-21-22-23-24-25-26-28-30-32-34-36-38-40-42-44-49(52)54-47(45-50)46-53-48(51)43-41-39-37-35-33-31-29-27-20-18-16-14-12-10-8-6-4-2/h12,14,18,20,29,31,47,50H,3-11,13,15-17,19,21-28,30,32-46H2,1-2H3/b14-12+,20-18+,31-29+/t47-/m0/s1. The molecule has 0 saturated carbocycles. The van der Waals surface area contributed by atoms with Crippen LogP contribution in [-0.4, -0.2) is 36.4 Å². The molecular weight excluding hydrogens is 669 g/mol. The van der Waals surface area contributed by atoms with E-state index in [1.807, 2.05) is 0 Å². The Morgan fingerprint density at radius 3 is 1.15 bits per heavy atom. The lowest BCUT2D eigenvalue weighted by Gasteiger charge is -2.15. The highest BCUT2D eigenvalue weighted by Crippen LogP contribution is 2.16. The Morgan fingerprint density at radius 2 is 0.741 bits per heavy atom. The molecule has 0 aliphatic rings. The minimum Gasteiger partial charge on any atom is -0.462 e. The molecule has 0 aromatic rings. The lowest BCUT2D eigenvalue weighted by molar-refractivity contribution is -0.161. The summed E-state index contributed by atoms with van der Waals surface area (Å²) in [6, 6.07) is 0. The van der Waals surface area contributed by atoms with Gasteiger partial charge >= 0.3 is 11.9 Å². The number of aliphatic hydroxyl groups excluding tert-OH is 1. The lowest BCUT2D eigenvalue weighted by Crippen LogP contribution is -2.28. The van der Waals surface area contributed by atoms with E-state index in [4.69, 9.17) is 9.47 Å². The van der Waals surface area contributed by atoms with Crippen LogP contribution in [0.3, 0.4) is 0 Å². The average Bonchev–Trinajstić information content (AvgIpc) is 3.17. The van der Waals surface area contributed by atoms with Crippen molar-refractivity contribution in [1.29, 1.82) is 0 Å². The molecule has 0 radical (unpaired) electrons. The van der Waals surface area contributed by atoms with Gasteiger partial charge in [-0.25, -0.2) is 0 Å². The summed E-state index contributed by atoms with van der Waals surface area (Å²) >= 11 is 0. The van der Waals surface area contributed by atoms with E-state index in [2.05, 4.69) is 50.3 Å². The van der Waals surface area contributed by atoms with Gasteiger partial charge in [-0.05, 0) is 51.4 Å². The van der Waals surface area contributed by atoms with Crippen molar-refractivity contribution in [3.05, 3.63) is 36.5 Å². The van der Waals surface area contributed by atoms with Gasteiger partial charge in [0.05, 0.1) is 6.61 Å². The molecule has 316 valence electrons. The highest BCUT2D eigenvalue weighted by molar-refractivity contribution is 5.70. The molecule has 0 bridgehead atoms.